The Morgan fingerprint density at radius 1 is 1.36 bits per heavy atom. The summed E-state index contributed by atoms with van der Waals surface area (Å²) in [6, 6.07) is 3.21. The lowest BCUT2D eigenvalue weighted by molar-refractivity contribution is 0.426. The van der Waals surface area contributed by atoms with Crippen LogP contribution < -0.4 is 11.2 Å². The molecule has 0 aliphatic rings. The summed E-state index contributed by atoms with van der Waals surface area (Å²) in [4.78, 5) is 0. The Kier molecular flexibility index (Phi) is 2.40. The van der Waals surface area contributed by atoms with Crippen LogP contribution in [0.15, 0.2) is 17.5 Å². The van der Waals surface area contributed by atoms with Crippen LogP contribution in [0.2, 0.25) is 5.02 Å². The van der Waals surface area contributed by atoms with Crippen molar-refractivity contribution in [3.8, 4) is 0 Å². The summed E-state index contributed by atoms with van der Waals surface area (Å²) >= 11 is 7.32. The van der Waals surface area contributed by atoms with E-state index in [4.69, 9.17) is 27.4 Å². The smallest absolute Gasteiger partial charge is 0.423 e. The molecule has 0 spiro atoms. The van der Waals surface area contributed by atoms with Crippen LogP contribution in [0.25, 0.3) is 10.1 Å². The first-order chi connectivity index (χ1) is 6.61. The molecular formula is C8H7BClNO2S. The lowest BCUT2D eigenvalue weighted by Crippen LogP contribution is -2.30. The monoisotopic (exact) mass is 227 g/mol. The quantitative estimate of drug-likeness (QED) is 0.499. The number of anilines is 1. The van der Waals surface area contributed by atoms with Crippen molar-refractivity contribution < 1.29 is 10.0 Å². The van der Waals surface area contributed by atoms with Crippen molar-refractivity contribution in [2.75, 3.05) is 5.73 Å². The second-order valence-electron chi connectivity index (χ2n) is 2.91. The highest BCUT2D eigenvalue weighted by atomic mass is 35.5. The molecule has 0 atom stereocenters. The van der Waals surface area contributed by atoms with Gasteiger partial charge in [-0.2, -0.15) is 0 Å². The number of rotatable bonds is 1. The predicted octanol–water partition coefficient (Wildman–Crippen LogP) is 0.817. The molecule has 6 heteroatoms. The third-order valence-electron chi connectivity index (χ3n) is 2.02. The van der Waals surface area contributed by atoms with Gasteiger partial charge in [0.2, 0.25) is 0 Å². The van der Waals surface area contributed by atoms with Crippen LogP contribution >= 0.6 is 22.9 Å². The summed E-state index contributed by atoms with van der Waals surface area (Å²) in [7, 11) is -1.52. The van der Waals surface area contributed by atoms with E-state index in [1.807, 2.05) is 0 Å². The maximum Gasteiger partial charge on any atom is 0.489 e. The summed E-state index contributed by atoms with van der Waals surface area (Å²) in [6.45, 7) is 0. The fraction of sp³-hybridized carbons (Fsp3) is 0. The SMILES string of the molecule is Nc1ccc(B(O)O)c2c(Cl)csc12. The highest BCUT2D eigenvalue weighted by Gasteiger charge is 2.18. The molecule has 72 valence electrons. The first kappa shape index (κ1) is 9.80. The summed E-state index contributed by atoms with van der Waals surface area (Å²) in [6.07, 6.45) is 0. The van der Waals surface area contributed by atoms with Crippen molar-refractivity contribution in [3.05, 3.63) is 22.5 Å². The molecule has 1 aromatic heterocycles. The highest BCUT2D eigenvalue weighted by molar-refractivity contribution is 7.18. The number of halogens is 1. The van der Waals surface area contributed by atoms with Gasteiger partial charge in [-0.25, -0.2) is 0 Å². The molecule has 0 bridgehead atoms. The second-order valence-corrected chi connectivity index (χ2v) is 4.19. The van der Waals surface area contributed by atoms with E-state index in [2.05, 4.69) is 0 Å². The van der Waals surface area contributed by atoms with Crippen molar-refractivity contribution in [2.24, 2.45) is 0 Å². The van der Waals surface area contributed by atoms with Gasteiger partial charge in [-0.15, -0.1) is 11.3 Å². The van der Waals surface area contributed by atoms with E-state index in [0.717, 1.165) is 4.70 Å². The first-order valence-corrected chi connectivity index (χ1v) is 5.18. The average Bonchev–Trinajstić information content (AvgIpc) is 2.50. The van der Waals surface area contributed by atoms with Crippen molar-refractivity contribution in [2.45, 2.75) is 0 Å². The Morgan fingerprint density at radius 3 is 2.71 bits per heavy atom. The molecular weight excluding hydrogens is 220 g/mol. The van der Waals surface area contributed by atoms with Gasteiger partial charge in [0.15, 0.2) is 0 Å². The van der Waals surface area contributed by atoms with E-state index in [0.29, 0.717) is 21.6 Å². The Labute approximate surface area is 89.9 Å². The molecule has 3 nitrogen and oxygen atoms in total. The van der Waals surface area contributed by atoms with Gasteiger partial charge in [-0.3, -0.25) is 0 Å². The van der Waals surface area contributed by atoms with Crippen LogP contribution in [0.1, 0.15) is 0 Å². The van der Waals surface area contributed by atoms with Crippen LogP contribution in [-0.4, -0.2) is 17.2 Å². The van der Waals surface area contributed by atoms with Gasteiger partial charge in [0.05, 0.1) is 9.72 Å². The Balaban J connectivity index is 2.85. The summed E-state index contributed by atoms with van der Waals surface area (Å²) in [5.74, 6) is 0. The number of hydrogen-bond donors (Lipinski definition) is 3. The molecule has 0 saturated heterocycles. The van der Waals surface area contributed by atoms with Crippen molar-refractivity contribution >= 4 is 51.3 Å². The topological polar surface area (TPSA) is 66.5 Å². The Bertz CT molecular complexity index is 485. The molecule has 0 aliphatic carbocycles. The van der Waals surface area contributed by atoms with Gasteiger partial charge in [-0.1, -0.05) is 17.7 Å². The van der Waals surface area contributed by atoms with E-state index in [-0.39, 0.29) is 0 Å². The molecule has 0 aliphatic heterocycles. The zero-order valence-electron chi connectivity index (χ0n) is 7.07. The summed E-state index contributed by atoms with van der Waals surface area (Å²) < 4.78 is 0.792. The molecule has 0 radical (unpaired) electrons. The lowest BCUT2D eigenvalue weighted by Gasteiger charge is -2.04. The van der Waals surface area contributed by atoms with E-state index in [9.17, 15) is 0 Å². The third-order valence-corrected chi connectivity index (χ3v) is 3.47. The second kappa shape index (κ2) is 3.44. The van der Waals surface area contributed by atoms with Crippen LogP contribution in [0.3, 0.4) is 0 Å². The van der Waals surface area contributed by atoms with Gasteiger partial charge in [0.25, 0.3) is 0 Å². The van der Waals surface area contributed by atoms with Gasteiger partial charge < -0.3 is 15.8 Å². The zero-order valence-corrected chi connectivity index (χ0v) is 8.64. The number of nitrogen functional groups attached to an aromatic ring is 1. The number of nitrogens with two attached hydrogens (primary N) is 1. The fourth-order valence-corrected chi connectivity index (χ4v) is 2.65. The molecule has 1 aromatic carbocycles. The number of thiophene rings is 1. The first-order valence-electron chi connectivity index (χ1n) is 3.92. The van der Waals surface area contributed by atoms with Gasteiger partial charge in [0, 0.05) is 16.5 Å². The molecule has 2 rings (SSSR count). The fourth-order valence-electron chi connectivity index (χ4n) is 1.37. The lowest BCUT2D eigenvalue weighted by atomic mass is 9.78. The van der Waals surface area contributed by atoms with E-state index in [1.54, 1.807) is 17.5 Å². The molecule has 0 unspecified atom stereocenters. The normalized spacial score (nSPS) is 10.8. The number of benzene rings is 1. The molecule has 2 aromatic rings. The van der Waals surface area contributed by atoms with E-state index < -0.39 is 7.12 Å². The minimum atomic E-state index is -1.52. The third kappa shape index (κ3) is 1.38. The molecule has 4 N–H and O–H groups in total. The van der Waals surface area contributed by atoms with E-state index in [1.165, 1.54) is 11.3 Å². The molecule has 14 heavy (non-hydrogen) atoms. The minimum absolute atomic E-state index is 0.389. The maximum absolute atomic E-state index is 9.12. The van der Waals surface area contributed by atoms with Crippen molar-refractivity contribution in [1.82, 2.24) is 0 Å². The summed E-state index contributed by atoms with van der Waals surface area (Å²) in [5.41, 5.74) is 6.71. The van der Waals surface area contributed by atoms with Crippen LogP contribution in [0, 0.1) is 0 Å². The Morgan fingerprint density at radius 2 is 2.07 bits per heavy atom. The highest BCUT2D eigenvalue weighted by Crippen LogP contribution is 2.32. The van der Waals surface area contributed by atoms with Crippen LogP contribution in [0.4, 0.5) is 5.69 Å². The average molecular weight is 227 g/mol. The minimum Gasteiger partial charge on any atom is -0.423 e. The standard InChI is InChI=1S/C8H7BClNO2S/c10-5-3-14-8-6(11)2-1-4(7(5)8)9(12)13/h1-3,12-13H,11H2. The van der Waals surface area contributed by atoms with Crippen molar-refractivity contribution in [1.29, 1.82) is 0 Å². The largest absolute Gasteiger partial charge is 0.489 e. The molecule has 0 amide bonds. The molecule has 0 saturated carbocycles. The van der Waals surface area contributed by atoms with E-state index >= 15 is 0 Å². The van der Waals surface area contributed by atoms with Crippen LogP contribution in [-0.2, 0) is 0 Å². The van der Waals surface area contributed by atoms with Crippen molar-refractivity contribution in [3.63, 3.8) is 0 Å². The van der Waals surface area contributed by atoms with Gasteiger partial charge >= 0.3 is 7.12 Å². The Hall–Kier alpha value is -0.745. The number of fused-ring (bicyclic) bond motifs is 1. The number of hydrogen-bond acceptors (Lipinski definition) is 4. The van der Waals surface area contributed by atoms with Gasteiger partial charge in [-0.05, 0) is 11.5 Å². The van der Waals surface area contributed by atoms with Crippen LogP contribution in [0.5, 0.6) is 0 Å². The predicted molar refractivity (Wildman–Crippen MR) is 61.1 cm³/mol. The van der Waals surface area contributed by atoms with Gasteiger partial charge in [0.1, 0.15) is 0 Å². The molecule has 1 heterocycles. The summed E-state index contributed by atoms with van der Waals surface area (Å²) in [5, 5.41) is 21.1. The zero-order chi connectivity index (χ0) is 10.3. The maximum atomic E-state index is 9.12. The molecule has 0 fully saturated rings.